The molecule has 0 bridgehead atoms. The average molecular weight is 267 g/mol. The van der Waals surface area contributed by atoms with Crippen LogP contribution < -0.4 is 16.4 Å². The molecule has 1 rings (SSSR count). The minimum Gasteiger partial charge on any atom is -0.366 e. The molecular formula is C13H18FN3O2. The highest BCUT2D eigenvalue weighted by atomic mass is 19.1. The molecule has 0 saturated carbocycles. The second-order valence-corrected chi connectivity index (χ2v) is 4.15. The number of hydrogen-bond donors (Lipinski definition) is 3. The number of primary amides is 1. The highest BCUT2D eigenvalue weighted by molar-refractivity contribution is 5.96. The molecular weight excluding hydrogens is 249 g/mol. The molecule has 0 heterocycles. The first-order valence-electron chi connectivity index (χ1n) is 6.18. The number of nitrogens with two attached hydrogens (primary N) is 1. The summed E-state index contributed by atoms with van der Waals surface area (Å²) in [6.07, 6.45) is 3.02. The normalized spacial score (nSPS) is 10.0. The van der Waals surface area contributed by atoms with Crippen molar-refractivity contribution in [3.05, 3.63) is 29.6 Å². The lowest BCUT2D eigenvalue weighted by Gasteiger charge is -2.08. The van der Waals surface area contributed by atoms with Gasteiger partial charge in [-0.15, -0.1) is 0 Å². The van der Waals surface area contributed by atoms with Gasteiger partial charge < -0.3 is 16.4 Å². The number of amides is 3. The van der Waals surface area contributed by atoms with Crippen molar-refractivity contribution in [1.82, 2.24) is 5.32 Å². The summed E-state index contributed by atoms with van der Waals surface area (Å²) in [4.78, 5) is 22.5. The Labute approximate surface area is 111 Å². The maximum Gasteiger partial charge on any atom is 0.319 e. The third kappa shape index (κ3) is 4.95. The molecule has 5 nitrogen and oxygen atoms in total. The van der Waals surface area contributed by atoms with Crippen LogP contribution in [-0.2, 0) is 0 Å². The predicted molar refractivity (Wildman–Crippen MR) is 71.5 cm³/mol. The van der Waals surface area contributed by atoms with E-state index in [1.807, 2.05) is 0 Å². The zero-order valence-electron chi connectivity index (χ0n) is 10.8. The van der Waals surface area contributed by atoms with Crippen LogP contribution in [0, 0.1) is 5.82 Å². The van der Waals surface area contributed by atoms with Crippen LogP contribution in [-0.4, -0.2) is 18.5 Å². The van der Waals surface area contributed by atoms with Gasteiger partial charge in [0, 0.05) is 12.2 Å². The molecule has 104 valence electrons. The van der Waals surface area contributed by atoms with Gasteiger partial charge in [0.05, 0.1) is 5.56 Å². The first-order valence-corrected chi connectivity index (χ1v) is 6.18. The van der Waals surface area contributed by atoms with E-state index in [0.29, 0.717) is 12.2 Å². The van der Waals surface area contributed by atoms with Crippen LogP contribution in [0.15, 0.2) is 18.2 Å². The Balaban J connectivity index is 2.55. The Morgan fingerprint density at radius 2 is 2.05 bits per heavy atom. The minimum atomic E-state index is -0.871. The molecule has 6 heteroatoms. The van der Waals surface area contributed by atoms with Crippen LogP contribution in [0.5, 0.6) is 0 Å². The lowest BCUT2D eigenvalue weighted by atomic mass is 10.2. The summed E-state index contributed by atoms with van der Waals surface area (Å²) in [6.45, 7) is 2.65. The maximum atomic E-state index is 13.2. The molecule has 0 aromatic heterocycles. The first-order chi connectivity index (χ1) is 9.04. The fourth-order valence-electron chi connectivity index (χ4n) is 1.54. The Morgan fingerprint density at radius 3 is 2.68 bits per heavy atom. The first kappa shape index (κ1) is 14.9. The molecule has 0 radical (unpaired) electrons. The number of unbranched alkanes of at least 4 members (excludes halogenated alkanes) is 2. The molecule has 0 aliphatic carbocycles. The highest BCUT2D eigenvalue weighted by Crippen LogP contribution is 2.14. The van der Waals surface area contributed by atoms with E-state index in [1.54, 1.807) is 0 Å². The molecule has 1 aromatic carbocycles. The molecule has 1 aromatic rings. The average Bonchev–Trinajstić information content (AvgIpc) is 2.36. The van der Waals surface area contributed by atoms with Crippen molar-refractivity contribution in [1.29, 1.82) is 0 Å². The fourth-order valence-corrected chi connectivity index (χ4v) is 1.54. The molecule has 0 unspecified atom stereocenters. The third-order valence-corrected chi connectivity index (χ3v) is 2.56. The molecule has 0 fully saturated rings. The van der Waals surface area contributed by atoms with Crippen molar-refractivity contribution in [2.45, 2.75) is 26.2 Å². The summed E-state index contributed by atoms with van der Waals surface area (Å²) >= 11 is 0. The van der Waals surface area contributed by atoms with Gasteiger partial charge in [0.1, 0.15) is 5.82 Å². The van der Waals surface area contributed by atoms with Gasteiger partial charge in [0.25, 0.3) is 5.91 Å². The number of rotatable bonds is 6. The van der Waals surface area contributed by atoms with Crippen LogP contribution in [0.4, 0.5) is 14.9 Å². The standard InChI is InChI=1S/C13H18FN3O2/c1-2-3-4-7-16-13(19)17-9-5-6-11(14)10(8-9)12(15)18/h5-6,8H,2-4,7H2,1H3,(H2,15,18)(H2,16,17,19). The number of carbonyl (C=O) groups is 2. The summed E-state index contributed by atoms with van der Waals surface area (Å²) in [7, 11) is 0. The van der Waals surface area contributed by atoms with Crippen molar-refractivity contribution in [3.63, 3.8) is 0 Å². The summed E-state index contributed by atoms with van der Waals surface area (Å²) in [5.41, 5.74) is 5.10. The van der Waals surface area contributed by atoms with Gasteiger partial charge in [-0.05, 0) is 24.6 Å². The van der Waals surface area contributed by atoms with Crippen molar-refractivity contribution in [2.24, 2.45) is 5.73 Å². The SMILES string of the molecule is CCCCCNC(=O)Nc1ccc(F)c(C(N)=O)c1. The number of halogens is 1. The van der Waals surface area contributed by atoms with Gasteiger partial charge in [-0.2, -0.15) is 0 Å². The number of carbonyl (C=O) groups excluding carboxylic acids is 2. The Morgan fingerprint density at radius 1 is 1.32 bits per heavy atom. The third-order valence-electron chi connectivity index (χ3n) is 2.56. The molecule has 0 atom stereocenters. The maximum absolute atomic E-state index is 13.2. The van der Waals surface area contributed by atoms with Gasteiger partial charge >= 0.3 is 6.03 Å². The number of anilines is 1. The van der Waals surface area contributed by atoms with E-state index >= 15 is 0 Å². The molecule has 4 N–H and O–H groups in total. The number of benzene rings is 1. The van der Waals surface area contributed by atoms with Gasteiger partial charge in [0.15, 0.2) is 0 Å². The predicted octanol–water partition coefficient (Wildman–Crippen LogP) is 2.24. The second kappa shape index (κ2) is 7.35. The highest BCUT2D eigenvalue weighted by Gasteiger charge is 2.10. The van der Waals surface area contributed by atoms with E-state index in [9.17, 15) is 14.0 Å². The lowest BCUT2D eigenvalue weighted by Crippen LogP contribution is -2.29. The van der Waals surface area contributed by atoms with Gasteiger partial charge in [-0.1, -0.05) is 19.8 Å². The molecule has 0 aliphatic rings. The second-order valence-electron chi connectivity index (χ2n) is 4.15. The van der Waals surface area contributed by atoms with Crippen molar-refractivity contribution >= 4 is 17.6 Å². The fraction of sp³-hybridized carbons (Fsp3) is 0.385. The van der Waals surface area contributed by atoms with Gasteiger partial charge in [-0.3, -0.25) is 4.79 Å². The largest absolute Gasteiger partial charge is 0.366 e. The zero-order chi connectivity index (χ0) is 14.3. The van der Waals surface area contributed by atoms with E-state index in [-0.39, 0.29) is 5.56 Å². The Hall–Kier alpha value is -2.11. The van der Waals surface area contributed by atoms with E-state index in [4.69, 9.17) is 5.73 Å². The van der Waals surface area contributed by atoms with Crippen LogP contribution in [0.3, 0.4) is 0 Å². The monoisotopic (exact) mass is 267 g/mol. The van der Waals surface area contributed by atoms with Crippen LogP contribution in [0.2, 0.25) is 0 Å². The Bertz CT molecular complexity index is 463. The topological polar surface area (TPSA) is 84.2 Å². The lowest BCUT2D eigenvalue weighted by molar-refractivity contribution is 0.0996. The molecule has 0 saturated heterocycles. The molecule has 3 amide bonds. The zero-order valence-corrected chi connectivity index (χ0v) is 10.8. The van der Waals surface area contributed by atoms with E-state index in [2.05, 4.69) is 17.6 Å². The molecule has 0 aliphatic heterocycles. The van der Waals surface area contributed by atoms with Crippen molar-refractivity contribution in [3.8, 4) is 0 Å². The number of hydrogen-bond acceptors (Lipinski definition) is 2. The van der Waals surface area contributed by atoms with Crippen molar-refractivity contribution in [2.75, 3.05) is 11.9 Å². The minimum absolute atomic E-state index is 0.246. The van der Waals surface area contributed by atoms with Gasteiger partial charge in [0.2, 0.25) is 0 Å². The summed E-state index contributed by atoms with van der Waals surface area (Å²) in [6, 6.07) is 3.28. The van der Waals surface area contributed by atoms with E-state index in [0.717, 1.165) is 25.3 Å². The number of nitrogens with one attached hydrogen (secondary N) is 2. The Kier molecular flexibility index (Phi) is 5.78. The molecule has 19 heavy (non-hydrogen) atoms. The van der Waals surface area contributed by atoms with E-state index < -0.39 is 17.8 Å². The van der Waals surface area contributed by atoms with Crippen LogP contribution in [0.1, 0.15) is 36.5 Å². The quantitative estimate of drug-likeness (QED) is 0.690. The smallest absolute Gasteiger partial charge is 0.319 e. The van der Waals surface area contributed by atoms with Crippen LogP contribution in [0.25, 0.3) is 0 Å². The van der Waals surface area contributed by atoms with Crippen LogP contribution >= 0.6 is 0 Å². The summed E-state index contributed by atoms with van der Waals surface area (Å²) in [5, 5.41) is 5.19. The number of urea groups is 1. The summed E-state index contributed by atoms with van der Waals surface area (Å²) < 4.78 is 13.2. The summed E-state index contributed by atoms with van der Waals surface area (Å²) in [5.74, 6) is -1.58. The van der Waals surface area contributed by atoms with Gasteiger partial charge in [-0.25, -0.2) is 9.18 Å². The van der Waals surface area contributed by atoms with E-state index in [1.165, 1.54) is 12.1 Å². The van der Waals surface area contributed by atoms with Crippen molar-refractivity contribution < 1.29 is 14.0 Å². The molecule has 0 spiro atoms.